The van der Waals surface area contributed by atoms with Crippen LogP contribution in [-0.2, 0) is 26.6 Å². The highest BCUT2D eigenvalue weighted by Crippen LogP contribution is 2.47. The molecule has 2 aliphatic carbocycles. The summed E-state index contributed by atoms with van der Waals surface area (Å²) in [5.41, 5.74) is 3.21. The molecule has 0 saturated heterocycles. The fourth-order valence-corrected chi connectivity index (χ4v) is 8.72. The van der Waals surface area contributed by atoms with Crippen LogP contribution in [-0.4, -0.2) is 63.7 Å². The van der Waals surface area contributed by atoms with Crippen molar-refractivity contribution >= 4 is 33.2 Å². The number of aliphatic hydroxyl groups is 1. The predicted molar refractivity (Wildman–Crippen MR) is 188 cm³/mol. The van der Waals surface area contributed by atoms with Gasteiger partial charge in [-0.2, -0.15) is 0 Å². The van der Waals surface area contributed by atoms with E-state index < -0.39 is 27.3 Å². The summed E-state index contributed by atoms with van der Waals surface area (Å²) in [7, 11) is -2.37. The second-order valence-electron chi connectivity index (χ2n) is 13.5. The van der Waals surface area contributed by atoms with Crippen LogP contribution in [0.1, 0.15) is 80.3 Å². The van der Waals surface area contributed by atoms with E-state index in [0.29, 0.717) is 30.7 Å². The molecule has 1 spiro atoms. The molecule has 3 aliphatic rings. The first kappa shape index (κ1) is 35.5. The van der Waals surface area contributed by atoms with Gasteiger partial charge in [0.25, 0.3) is 5.91 Å². The number of methoxy groups -OCH3 is 1. The number of halogens is 1. The van der Waals surface area contributed by atoms with Gasteiger partial charge in [-0.05, 0) is 105 Å². The van der Waals surface area contributed by atoms with Gasteiger partial charge in [-0.25, -0.2) is 13.1 Å². The number of hydrogen-bond donors (Lipinski definition) is 2. The number of rotatable bonds is 13. The Balaban J connectivity index is 1.48. The molecule has 6 atom stereocenters. The normalized spacial score (nSPS) is 24.3. The molecular weight excluding hydrogens is 636 g/mol. The van der Waals surface area contributed by atoms with E-state index in [1.165, 1.54) is 24.1 Å². The molecule has 1 fully saturated rings. The van der Waals surface area contributed by atoms with Crippen molar-refractivity contribution in [2.24, 2.45) is 11.8 Å². The first-order chi connectivity index (χ1) is 22.5. The molecule has 8 nitrogen and oxygen atoms in total. The molecule has 1 amide bonds. The first-order valence-electron chi connectivity index (χ1n) is 16.9. The average molecular weight is 685 g/mol. The Morgan fingerprint density at radius 2 is 2.09 bits per heavy atom. The number of benzene rings is 2. The van der Waals surface area contributed by atoms with Crippen LogP contribution in [0, 0.1) is 11.8 Å². The molecule has 0 bridgehead atoms. The lowest BCUT2D eigenvalue weighted by molar-refractivity contribution is 0.0132. The molecule has 1 heterocycles. The molecule has 2 N–H and O–H groups in total. The smallest absolute Gasteiger partial charge is 0.264 e. The molecule has 1 saturated carbocycles. The second kappa shape index (κ2) is 15.1. The summed E-state index contributed by atoms with van der Waals surface area (Å²) in [5.74, 6) is 0.657. The lowest BCUT2D eigenvalue weighted by atomic mass is 9.68. The number of sulfonamides is 1. The molecule has 2 aromatic carbocycles. The van der Waals surface area contributed by atoms with Crippen LogP contribution in [0.5, 0.6) is 5.75 Å². The number of ether oxygens (including phenoxy) is 2. The molecule has 0 aromatic heterocycles. The summed E-state index contributed by atoms with van der Waals surface area (Å²) in [6, 6.07) is 11.3. The minimum Gasteiger partial charge on any atom is -0.490 e. The summed E-state index contributed by atoms with van der Waals surface area (Å²) in [6.45, 7) is 9.04. The zero-order valence-corrected chi connectivity index (χ0v) is 29.4. The van der Waals surface area contributed by atoms with Gasteiger partial charge in [-0.3, -0.25) is 4.79 Å². The molecule has 0 unspecified atom stereocenters. The summed E-state index contributed by atoms with van der Waals surface area (Å²) in [5, 5.41) is 9.81. The number of nitrogens with zero attached hydrogens (tertiary/aromatic N) is 1. The van der Waals surface area contributed by atoms with Gasteiger partial charge in [-0.1, -0.05) is 49.2 Å². The summed E-state index contributed by atoms with van der Waals surface area (Å²) in [4.78, 5) is 15.8. The minimum absolute atomic E-state index is 0.0373. The molecule has 47 heavy (non-hydrogen) atoms. The van der Waals surface area contributed by atoms with Crippen molar-refractivity contribution in [3.63, 3.8) is 0 Å². The Morgan fingerprint density at radius 3 is 2.79 bits per heavy atom. The summed E-state index contributed by atoms with van der Waals surface area (Å²) >= 11 is 6.43. The third kappa shape index (κ3) is 7.74. The van der Waals surface area contributed by atoms with Crippen LogP contribution in [0.15, 0.2) is 61.2 Å². The number of anilines is 1. The van der Waals surface area contributed by atoms with E-state index in [0.717, 1.165) is 62.2 Å². The van der Waals surface area contributed by atoms with E-state index in [1.807, 2.05) is 6.07 Å². The van der Waals surface area contributed by atoms with Crippen molar-refractivity contribution in [3.05, 3.63) is 82.9 Å². The maximum absolute atomic E-state index is 13.4. The maximum Gasteiger partial charge on any atom is 0.264 e. The SMILES string of the molecule is C=CC[C@@H](O)[C@@H](C)S(=O)(=O)NC(=O)c1ccc2c(c1)N(C[C@@H]1CC[C@H]1[C@H](/C=C/CCC)OC)C[C@@]1(CCCc3cc(Cl)ccc31)CO2. The van der Waals surface area contributed by atoms with E-state index >= 15 is 0 Å². The van der Waals surface area contributed by atoms with Crippen LogP contribution < -0.4 is 14.4 Å². The van der Waals surface area contributed by atoms with Crippen molar-refractivity contribution in [1.82, 2.24) is 4.72 Å². The Bertz CT molecular complexity index is 1580. The lowest BCUT2D eigenvalue weighted by Gasteiger charge is -2.46. The van der Waals surface area contributed by atoms with E-state index in [9.17, 15) is 18.3 Å². The van der Waals surface area contributed by atoms with Gasteiger partial charge in [0.2, 0.25) is 10.0 Å². The fraction of sp³-hybridized carbons (Fsp3) is 0.541. The Hall–Kier alpha value is -2.85. The standard InChI is InChI=1S/C37H49ClN2O6S/c1-5-7-8-12-34(45-4)30-16-13-28(30)22-40-23-37(19-9-11-26-20-29(38)15-17-31(26)37)24-46-35-18-14-27(21-32(35)40)36(42)39-47(43,44)25(3)33(41)10-6-2/h6,8,12,14-15,17-18,20-21,25,28,30,33-34,41H,2,5,7,9-11,13,16,19,22-24H2,1,3-4H3,(H,39,42)/b12-8+/t25-,28+,30-,33-,34+,37+/m1/s1. The van der Waals surface area contributed by atoms with Gasteiger partial charge in [0.15, 0.2) is 0 Å². The maximum atomic E-state index is 13.4. The number of fused-ring (bicyclic) bond motifs is 3. The van der Waals surface area contributed by atoms with E-state index in [2.05, 4.69) is 47.4 Å². The number of allylic oxidation sites excluding steroid dienone is 1. The number of aliphatic hydroxyl groups excluding tert-OH is 1. The van der Waals surface area contributed by atoms with Crippen molar-refractivity contribution in [2.45, 2.75) is 88.1 Å². The van der Waals surface area contributed by atoms with Crippen LogP contribution in [0.25, 0.3) is 0 Å². The fourth-order valence-electron chi connectivity index (χ4n) is 7.44. The Morgan fingerprint density at radius 1 is 1.28 bits per heavy atom. The highest BCUT2D eigenvalue weighted by molar-refractivity contribution is 7.90. The van der Waals surface area contributed by atoms with E-state index in [1.54, 1.807) is 25.3 Å². The molecule has 0 radical (unpaired) electrons. The van der Waals surface area contributed by atoms with Crippen LogP contribution in [0.4, 0.5) is 5.69 Å². The number of unbranched alkanes of at least 4 members (excludes halogenated alkanes) is 1. The van der Waals surface area contributed by atoms with Crippen LogP contribution >= 0.6 is 11.6 Å². The quantitative estimate of drug-likeness (QED) is 0.229. The average Bonchev–Trinajstić information content (AvgIpc) is 3.18. The van der Waals surface area contributed by atoms with Gasteiger partial charge in [0.1, 0.15) is 11.0 Å². The largest absolute Gasteiger partial charge is 0.490 e. The van der Waals surface area contributed by atoms with Gasteiger partial charge < -0.3 is 19.5 Å². The predicted octanol–water partition coefficient (Wildman–Crippen LogP) is 6.60. The molecule has 5 rings (SSSR count). The summed E-state index contributed by atoms with van der Waals surface area (Å²) < 4.78 is 40.7. The third-order valence-corrected chi connectivity index (χ3v) is 12.4. The van der Waals surface area contributed by atoms with Crippen molar-refractivity contribution < 1.29 is 27.8 Å². The monoisotopic (exact) mass is 684 g/mol. The lowest BCUT2D eigenvalue weighted by Crippen LogP contribution is -2.49. The van der Waals surface area contributed by atoms with E-state index in [-0.39, 0.29) is 23.5 Å². The van der Waals surface area contributed by atoms with Crippen LogP contribution in [0.2, 0.25) is 5.02 Å². The number of amides is 1. The van der Waals surface area contributed by atoms with Crippen molar-refractivity contribution in [3.8, 4) is 5.75 Å². The molecule has 256 valence electrons. The number of carbonyl (C=O) groups is 1. The van der Waals surface area contributed by atoms with Crippen molar-refractivity contribution in [1.29, 1.82) is 0 Å². The van der Waals surface area contributed by atoms with Crippen molar-refractivity contribution in [2.75, 3.05) is 31.7 Å². The van der Waals surface area contributed by atoms with Crippen LogP contribution in [0.3, 0.4) is 0 Å². The summed E-state index contributed by atoms with van der Waals surface area (Å²) in [6.07, 6.45) is 12.0. The molecular formula is C37H49ClN2O6S. The second-order valence-corrected chi connectivity index (χ2v) is 16.0. The third-order valence-electron chi connectivity index (χ3n) is 10.4. The zero-order chi connectivity index (χ0) is 33.8. The van der Waals surface area contributed by atoms with Gasteiger partial charge >= 0.3 is 0 Å². The van der Waals surface area contributed by atoms with Gasteiger partial charge in [0, 0.05) is 36.2 Å². The highest BCUT2D eigenvalue weighted by Gasteiger charge is 2.44. The Kier molecular flexibility index (Phi) is 11.4. The molecule has 10 heteroatoms. The first-order valence-corrected chi connectivity index (χ1v) is 18.8. The number of carbonyl (C=O) groups excluding carboxylic acids is 1. The van der Waals surface area contributed by atoms with Gasteiger partial charge in [0.05, 0.1) is 24.5 Å². The number of hydrogen-bond acceptors (Lipinski definition) is 7. The number of nitrogens with one attached hydrogen (secondary N) is 1. The number of aryl methyl sites for hydroxylation is 1. The molecule has 1 aliphatic heterocycles. The minimum atomic E-state index is -4.15. The molecule has 2 aromatic rings. The Labute approximate surface area is 285 Å². The topological polar surface area (TPSA) is 105 Å². The van der Waals surface area contributed by atoms with Gasteiger partial charge in [-0.15, -0.1) is 6.58 Å². The highest BCUT2D eigenvalue weighted by atomic mass is 35.5. The zero-order valence-electron chi connectivity index (χ0n) is 27.8. The van der Waals surface area contributed by atoms with E-state index in [4.69, 9.17) is 21.1 Å².